The molecule has 1 saturated carbocycles. The number of rotatable bonds is 6. The van der Waals surface area contributed by atoms with Crippen molar-refractivity contribution in [1.82, 2.24) is 20.4 Å². The van der Waals surface area contributed by atoms with Crippen LogP contribution in [0.2, 0.25) is 0 Å². The first-order chi connectivity index (χ1) is 13.1. The van der Waals surface area contributed by atoms with Crippen LogP contribution in [-0.2, 0) is 4.74 Å². The molecular formula is C21H36N4O2. The van der Waals surface area contributed by atoms with Gasteiger partial charge in [-0.15, -0.1) is 0 Å². The number of ether oxygens (including phenoxy) is 1. The van der Waals surface area contributed by atoms with Crippen LogP contribution < -0.4 is 5.32 Å². The molecule has 1 aliphatic heterocycles. The van der Waals surface area contributed by atoms with Gasteiger partial charge in [0.15, 0.2) is 0 Å². The van der Waals surface area contributed by atoms with E-state index in [2.05, 4.69) is 29.4 Å². The molecule has 1 aliphatic carbocycles. The Morgan fingerprint density at radius 2 is 2.11 bits per heavy atom. The van der Waals surface area contributed by atoms with Crippen LogP contribution in [0.25, 0.3) is 0 Å². The second-order valence-electron chi connectivity index (χ2n) is 8.47. The highest BCUT2D eigenvalue weighted by molar-refractivity contribution is 5.74. The molecule has 0 radical (unpaired) electrons. The number of likely N-dealkylation sites (tertiary alicyclic amines) is 1. The van der Waals surface area contributed by atoms with E-state index in [4.69, 9.17) is 4.74 Å². The second-order valence-corrected chi connectivity index (χ2v) is 8.47. The third-order valence-corrected chi connectivity index (χ3v) is 6.45. The molecule has 2 N–H and O–H groups in total. The van der Waals surface area contributed by atoms with Crippen LogP contribution in [0.15, 0.2) is 12.3 Å². The summed E-state index contributed by atoms with van der Waals surface area (Å²) in [7, 11) is 0. The van der Waals surface area contributed by atoms with Crippen molar-refractivity contribution in [1.29, 1.82) is 0 Å². The molecule has 2 heterocycles. The molecular weight excluding hydrogens is 340 g/mol. The Morgan fingerprint density at radius 1 is 1.33 bits per heavy atom. The molecule has 2 fully saturated rings. The monoisotopic (exact) mass is 376 g/mol. The minimum Gasteiger partial charge on any atom is -0.376 e. The number of piperidine rings is 1. The fourth-order valence-corrected chi connectivity index (χ4v) is 4.76. The first-order valence-electron chi connectivity index (χ1n) is 10.8. The first kappa shape index (κ1) is 20.2. The van der Waals surface area contributed by atoms with E-state index in [1.807, 2.05) is 17.9 Å². The van der Waals surface area contributed by atoms with Gasteiger partial charge in [-0.1, -0.05) is 13.8 Å². The van der Waals surface area contributed by atoms with Crippen LogP contribution in [0.1, 0.15) is 70.9 Å². The Balaban J connectivity index is 1.64. The van der Waals surface area contributed by atoms with Gasteiger partial charge in [-0.2, -0.15) is 5.10 Å². The van der Waals surface area contributed by atoms with Crippen LogP contribution in [0.5, 0.6) is 0 Å². The molecule has 27 heavy (non-hydrogen) atoms. The van der Waals surface area contributed by atoms with Crippen LogP contribution in [0, 0.1) is 11.8 Å². The number of aromatic nitrogens is 2. The van der Waals surface area contributed by atoms with Gasteiger partial charge in [0.25, 0.3) is 0 Å². The molecule has 0 bridgehead atoms. The maximum atomic E-state index is 12.6. The Kier molecular flexibility index (Phi) is 7.16. The Bertz CT molecular complexity index is 567. The standard InChI is InChI=1S/C21H36N4O2/c1-4-22-21(26)25-13-5-6-18(19-11-12-23-24-19)20(25)14-27-17-9-7-16(8-10-17)15(2)3/h11-12,15-18,20H,4-10,13-14H2,1-3H3,(H,22,26)(H,23,24)/t16?,17?,18-,20?/m0/s1. The number of amides is 2. The van der Waals surface area contributed by atoms with Crippen molar-refractivity contribution in [3.05, 3.63) is 18.0 Å². The fraction of sp³-hybridized carbons (Fsp3) is 0.810. The summed E-state index contributed by atoms with van der Waals surface area (Å²) >= 11 is 0. The number of aromatic amines is 1. The zero-order valence-corrected chi connectivity index (χ0v) is 17.1. The smallest absolute Gasteiger partial charge is 0.317 e. The van der Waals surface area contributed by atoms with Crippen molar-refractivity contribution in [3.63, 3.8) is 0 Å². The third-order valence-electron chi connectivity index (χ3n) is 6.45. The molecule has 152 valence electrons. The molecule has 1 unspecified atom stereocenters. The normalized spacial score (nSPS) is 29.1. The SMILES string of the molecule is CCNC(=O)N1CCC[C@@H](c2ccn[nH]2)C1COC1CCC(C(C)C)CC1. The van der Waals surface area contributed by atoms with E-state index < -0.39 is 0 Å². The summed E-state index contributed by atoms with van der Waals surface area (Å²) in [5, 5.41) is 10.2. The van der Waals surface area contributed by atoms with Crippen LogP contribution in [-0.4, -0.2) is 53.0 Å². The molecule has 2 aliphatic rings. The van der Waals surface area contributed by atoms with E-state index in [1.165, 1.54) is 12.8 Å². The molecule has 2 amide bonds. The molecule has 1 aromatic heterocycles. The Labute approximate surface area is 163 Å². The molecule has 0 spiro atoms. The van der Waals surface area contributed by atoms with E-state index in [0.717, 1.165) is 49.8 Å². The molecule has 6 heteroatoms. The van der Waals surface area contributed by atoms with Gasteiger partial charge in [0.05, 0.1) is 18.8 Å². The Morgan fingerprint density at radius 3 is 2.74 bits per heavy atom. The zero-order valence-electron chi connectivity index (χ0n) is 17.1. The first-order valence-corrected chi connectivity index (χ1v) is 10.8. The fourth-order valence-electron chi connectivity index (χ4n) is 4.76. The lowest BCUT2D eigenvalue weighted by Crippen LogP contribution is -2.53. The molecule has 2 atom stereocenters. The van der Waals surface area contributed by atoms with Crippen molar-refractivity contribution in [3.8, 4) is 0 Å². The van der Waals surface area contributed by atoms with Crippen LogP contribution >= 0.6 is 0 Å². The van der Waals surface area contributed by atoms with Crippen LogP contribution in [0.3, 0.4) is 0 Å². The number of hydrogen-bond donors (Lipinski definition) is 2. The summed E-state index contributed by atoms with van der Waals surface area (Å²) in [6, 6.07) is 2.12. The molecule has 1 aromatic rings. The number of urea groups is 1. The lowest BCUT2D eigenvalue weighted by atomic mass is 9.80. The average Bonchev–Trinajstić information content (AvgIpc) is 3.21. The van der Waals surface area contributed by atoms with Gasteiger partial charge in [-0.05, 0) is 63.4 Å². The van der Waals surface area contributed by atoms with Crippen molar-refractivity contribution in [2.24, 2.45) is 11.8 Å². The summed E-state index contributed by atoms with van der Waals surface area (Å²) in [6.07, 6.45) is 9.01. The topological polar surface area (TPSA) is 70.2 Å². The predicted octanol–water partition coefficient (Wildman–Crippen LogP) is 3.92. The molecule has 1 saturated heterocycles. The van der Waals surface area contributed by atoms with Crippen molar-refractivity contribution >= 4 is 6.03 Å². The summed E-state index contributed by atoms with van der Waals surface area (Å²) in [6.45, 7) is 8.67. The number of nitrogens with one attached hydrogen (secondary N) is 2. The number of nitrogens with zero attached hydrogens (tertiary/aromatic N) is 2. The van der Waals surface area contributed by atoms with Gasteiger partial charge < -0.3 is 15.0 Å². The van der Waals surface area contributed by atoms with Gasteiger partial charge in [-0.25, -0.2) is 4.79 Å². The summed E-state index contributed by atoms with van der Waals surface area (Å²) in [5.41, 5.74) is 1.11. The number of H-pyrrole nitrogens is 1. The lowest BCUT2D eigenvalue weighted by molar-refractivity contribution is -0.0238. The van der Waals surface area contributed by atoms with Gasteiger partial charge >= 0.3 is 6.03 Å². The van der Waals surface area contributed by atoms with Crippen LogP contribution in [0.4, 0.5) is 4.79 Å². The highest BCUT2D eigenvalue weighted by Crippen LogP contribution is 2.34. The number of carbonyl (C=O) groups excluding carboxylic acids is 1. The highest BCUT2D eigenvalue weighted by Gasteiger charge is 2.37. The third kappa shape index (κ3) is 5.03. The van der Waals surface area contributed by atoms with Crippen molar-refractivity contribution in [2.75, 3.05) is 19.7 Å². The van der Waals surface area contributed by atoms with Crippen molar-refractivity contribution < 1.29 is 9.53 Å². The van der Waals surface area contributed by atoms with Gasteiger partial charge in [0, 0.05) is 30.9 Å². The van der Waals surface area contributed by atoms with E-state index >= 15 is 0 Å². The minimum absolute atomic E-state index is 0.0267. The van der Waals surface area contributed by atoms with E-state index in [0.29, 0.717) is 19.3 Å². The van der Waals surface area contributed by atoms with Gasteiger partial charge in [0.2, 0.25) is 0 Å². The summed E-state index contributed by atoms with van der Waals surface area (Å²) in [5.74, 6) is 1.86. The van der Waals surface area contributed by atoms with E-state index in [9.17, 15) is 4.79 Å². The maximum Gasteiger partial charge on any atom is 0.317 e. The van der Waals surface area contributed by atoms with E-state index in [-0.39, 0.29) is 18.0 Å². The molecule has 0 aromatic carbocycles. The van der Waals surface area contributed by atoms with E-state index in [1.54, 1.807) is 6.20 Å². The average molecular weight is 377 g/mol. The predicted molar refractivity (Wildman–Crippen MR) is 107 cm³/mol. The van der Waals surface area contributed by atoms with Gasteiger partial charge in [0.1, 0.15) is 0 Å². The molecule has 6 nitrogen and oxygen atoms in total. The zero-order chi connectivity index (χ0) is 19.2. The summed E-state index contributed by atoms with van der Waals surface area (Å²) in [4.78, 5) is 14.6. The quantitative estimate of drug-likeness (QED) is 0.790. The summed E-state index contributed by atoms with van der Waals surface area (Å²) < 4.78 is 6.38. The number of carbonyl (C=O) groups is 1. The highest BCUT2D eigenvalue weighted by atomic mass is 16.5. The van der Waals surface area contributed by atoms with Gasteiger partial charge in [-0.3, -0.25) is 5.10 Å². The number of hydrogen-bond acceptors (Lipinski definition) is 3. The lowest BCUT2D eigenvalue weighted by Gasteiger charge is -2.41. The Hall–Kier alpha value is -1.56. The molecule has 3 rings (SSSR count). The largest absolute Gasteiger partial charge is 0.376 e. The minimum atomic E-state index is 0.0267. The second kappa shape index (κ2) is 9.58. The van der Waals surface area contributed by atoms with Crippen molar-refractivity contribution in [2.45, 2.75) is 77.4 Å². The maximum absolute atomic E-state index is 12.6.